The van der Waals surface area contributed by atoms with E-state index in [0.717, 1.165) is 22.7 Å². The van der Waals surface area contributed by atoms with Crippen molar-refractivity contribution in [1.29, 1.82) is 5.26 Å². The highest BCUT2D eigenvalue weighted by molar-refractivity contribution is 5.63. The first-order chi connectivity index (χ1) is 13.3. The molecule has 4 aromatic rings. The van der Waals surface area contributed by atoms with Crippen molar-refractivity contribution in [2.45, 2.75) is 6.61 Å². The Morgan fingerprint density at radius 3 is 2.26 bits per heavy atom. The maximum atomic E-state index is 8.86. The summed E-state index contributed by atoms with van der Waals surface area (Å²) >= 11 is 0. The van der Waals surface area contributed by atoms with E-state index in [-0.39, 0.29) is 0 Å². The highest BCUT2D eigenvalue weighted by atomic mass is 16.5. The van der Waals surface area contributed by atoms with E-state index in [0.29, 0.717) is 12.2 Å². The van der Waals surface area contributed by atoms with E-state index in [2.05, 4.69) is 28.5 Å². The van der Waals surface area contributed by atoms with Crippen molar-refractivity contribution in [3.63, 3.8) is 0 Å². The number of nitrogens with zero attached hydrogens (tertiary/aromatic N) is 4. The Morgan fingerprint density at radius 1 is 0.852 bits per heavy atom. The second kappa shape index (κ2) is 7.54. The molecule has 0 radical (unpaired) electrons. The Kier molecular flexibility index (Phi) is 4.62. The molecule has 0 N–H and O–H groups in total. The molecule has 0 fully saturated rings. The first-order valence-corrected chi connectivity index (χ1v) is 8.52. The maximum absolute atomic E-state index is 8.86. The van der Waals surface area contributed by atoms with E-state index in [4.69, 9.17) is 10.00 Å². The van der Waals surface area contributed by atoms with Crippen LogP contribution in [-0.2, 0) is 6.61 Å². The van der Waals surface area contributed by atoms with Crippen LogP contribution in [0.5, 0.6) is 5.75 Å². The monoisotopic (exact) mass is 352 g/mol. The number of benzene rings is 3. The molecule has 0 saturated carbocycles. The molecule has 0 spiro atoms. The molecule has 0 bridgehead atoms. The molecule has 130 valence electrons. The molecular weight excluding hydrogens is 336 g/mol. The van der Waals surface area contributed by atoms with Gasteiger partial charge in [0, 0.05) is 0 Å². The van der Waals surface area contributed by atoms with Crippen molar-refractivity contribution in [1.82, 2.24) is 15.0 Å². The molecule has 5 nitrogen and oxygen atoms in total. The van der Waals surface area contributed by atoms with Crippen LogP contribution < -0.4 is 4.74 Å². The first-order valence-electron chi connectivity index (χ1n) is 8.52. The Bertz CT molecular complexity index is 1060. The highest BCUT2D eigenvalue weighted by Crippen LogP contribution is 2.22. The molecule has 3 aromatic carbocycles. The van der Waals surface area contributed by atoms with Crippen LogP contribution in [0.15, 0.2) is 85.1 Å². The molecule has 0 unspecified atom stereocenters. The lowest BCUT2D eigenvalue weighted by Gasteiger charge is -2.06. The summed E-state index contributed by atoms with van der Waals surface area (Å²) in [7, 11) is 0. The molecule has 4 rings (SSSR count). The van der Waals surface area contributed by atoms with E-state index < -0.39 is 0 Å². The van der Waals surface area contributed by atoms with Gasteiger partial charge >= 0.3 is 0 Å². The van der Waals surface area contributed by atoms with Crippen molar-refractivity contribution in [3.8, 4) is 28.6 Å². The lowest BCUT2D eigenvalue weighted by Crippen LogP contribution is -1.96. The van der Waals surface area contributed by atoms with Gasteiger partial charge in [-0.2, -0.15) is 5.26 Å². The smallest absolute Gasteiger partial charge is 0.134 e. The molecule has 0 aliphatic carbocycles. The number of hydrogen-bond donors (Lipinski definition) is 0. The predicted octanol–water partition coefficient (Wildman–Crippen LogP) is 4.38. The van der Waals surface area contributed by atoms with Gasteiger partial charge in [-0.05, 0) is 47.5 Å². The van der Waals surface area contributed by atoms with Crippen molar-refractivity contribution in [2.24, 2.45) is 0 Å². The zero-order valence-electron chi connectivity index (χ0n) is 14.5. The Hall–Kier alpha value is -3.91. The fraction of sp³-hybridized carbons (Fsp3) is 0.0455. The summed E-state index contributed by atoms with van der Waals surface area (Å²) in [6, 6.07) is 27.5. The number of hydrogen-bond acceptors (Lipinski definition) is 4. The maximum Gasteiger partial charge on any atom is 0.134 e. The van der Waals surface area contributed by atoms with Gasteiger partial charge < -0.3 is 4.74 Å². The molecule has 1 aromatic heterocycles. The Morgan fingerprint density at radius 2 is 1.56 bits per heavy atom. The van der Waals surface area contributed by atoms with Gasteiger partial charge in [-0.1, -0.05) is 47.7 Å². The van der Waals surface area contributed by atoms with Gasteiger partial charge in [-0.3, -0.25) is 0 Å². The predicted molar refractivity (Wildman–Crippen MR) is 102 cm³/mol. The van der Waals surface area contributed by atoms with Gasteiger partial charge in [0.1, 0.15) is 18.1 Å². The lowest BCUT2D eigenvalue weighted by atomic mass is 10.1. The molecule has 0 aliphatic heterocycles. The van der Waals surface area contributed by atoms with Gasteiger partial charge in [-0.15, -0.1) is 5.10 Å². The average molecular weight is 352 g/mol. The van der Waals surface area contributed by atoms with E-state index in [1.54, 1.807) is 16.8 Å². The quantitative estimate of drug-likeness (QED) is 0.534. The fourth-order valence-electron chi connectivity index (χ4n) is 2.71. The van der Waals surface area contributed by atoms with Crippen LogP contribution >= 0.6 is 0 Å². The molecular formula is C22H16N4O. The average Bonchev–Trinajstić information content (AvgIpc) is 3.22. The van der Waals surface area contributed by atoms with Crippen LogP contribution in [-0.4, -0.2) is 15.0 Å². The van der Waals surface area contributed by atoms with Crippen LogP contribution in [0.2, 0.25) is 0 Å². The zero-order chi connectivity index (χ0) is 18.5. The summed E-state index contributed by atoms with van der Waals surface area (Å²) in [6.45, 7) is 0.334. The minimum Gasteiger partial charge on any atom is -0.487 e. The summed E-state index contributed by atoms with van der Waals surface area (Å²) in [6.07, 6.45) is 1.82. The molecule has 0 saturated heterocycles. The van der Waals surface area contributed by atoms with Crippen molar-refractivity contribution in [3.05, 3.63) is 96.3 Å². The van der Waals surface area contributed by atoms with Gasteiger partial charge in [0.05, 0.1) is 23.5 Å². The summed E-state index contributed by atoms with van der Waals surface area (Å²) in [5, 5.41) is 17.1. The van der Waals surface area contributed by atoms with Crippen LogP contribution in [0, 0.1) is 11.3 Å². The Balaban J connectivity index is 1.40. The minimum absolute atomic E-state index is 0.334. The van der Waals surface area contributed by atoms with Crippen molar-refractivity contribution < 1.29 is 4.74 Å². The molecule has 0 amide bonds. The highest BCUT2D eigenvalue weighted by Gasteiger charge is 2.05. The zero-order valence-corrected chi connectivity index (χ0v) is 14.5. The normalized spacial score (nSPS) is 10.3. The standard InChI is InChI=1S/C22H16N4O/c23-14-17-6-10-21(11-7-17)26-15-20(24-25-26)16-27-22-12-8-19(9-13-22)18-4-2-1-3-5-18/h1-13,15H,16H2. The summed E-state index contributed by atoms with van der Waals surface area (Å²) in [5.74, 6) is 0.780. The van der Waals surface area contributed by atoms with Crippen molar-refractivity contribution in [2.75, 3.05) is 0 Å². The SMILES string of the molecule is N#Cc1ccc(-n2cc(COc3ccc(-c4ccccc4)cc3)nn2)cc1. The molecule has 1 heterocycles. The second-order valence-electron chi connectivity index (χ2n) is 5.99. The third-order valence-corrected chi connectivity index (χ3v) is 4.15. The van der Waals surface area contributed by atoms with Gasteiger partial charge in [0.2, 0.25) is 0 Å². The largest absolute Gasteiger partial charge is 0.487 e. The Labute approximate surface area is 157 Å². The molecule has 5 heteroatoms. The van der Waals surface area contributed by atoms with E-state index in [1.165, 1.54) is 5.56 Å². The van der Waals surface area contributed by atoms with Gasteiger partial charge in [0.15, 0.2) is 0 Å². The fourth-order valence-corrected chi connectivity index (χ4v) is 2.71. The van der Waals surface area contributed by atoms with Crippen LogP contribution in [0.25, 0.3) is 16.8 Å². The topological polar surface area (TPSA) is 63.7 Å². The molecule has 0 aliphatic rings. The number of nitriles is 1. The first kappa shape index (κ1) is 16.6. The minimum atomic E-state index is 0.334. The van der Waals surface area contributed by atoms with E-state index >= 15 is 0 Å². The second-order valence-corrected chi connectivity index (χ2v) is 5.99. The molecule has 27 heavy (non-hydrogen) atoms. The van der Waals surface area contributed by atoms with Crippen LogP contribution in [0.1, 0.15) is 11.3 Å². The third kappa shape index (κ3) is 3.86. The third-order valence-electron chi connectivity index (χ3n) is 4.15. The van der Waals surface area contributed by atoms with Gasteiger partial charge in [-0.25, -0.2) is 4.68 Å². The number of rotatable bonds is 5. The number of aromatic nitrogens is 3. The van der Waals surface area contributed by atoms with Crippen LogP contribution in [0.4, 0.5) is 0 Å². The summed E-state index contributed by atoms with van der Waals surface area (Å²) in [5.41, 5.74) is 4.51. The summed E-state index contributed by atoms with van der Waals surface area (Å²) in [4.78, 5) is 0. The van der Waals surface area contributed by atoms with Crippen LogP contribution in [0.3, 0.4) is 0 Å². The van der Waals surface area contributed by atoms with E-state index in [9.17, 15) is 0 Å². The lowest BCUT2D eigenvalue weighted by molar-refractivity contribution is 0.301. The number of ether oxygens (including phenoxy) is 1. The van der Waals surface area contributed by atoms with E-state index in [1.807, 2.05) is 60.8 Å². The van der Waals surface area contributed by atoms with Crippen molar-refractivity contribution >= 4 is 0 Å². The van der Waals surface area contributed by atoms with Gasteiger partial charge in [0.25, 0.3) is 0 Å². The molecule has 0 atom stereocenters. The summed E-state index contributed by atoms with van der Waals surface area (Å²) < 4.78 is 7.47.